The predicted molar refractivity (Wildman–Crippen MR) is 122 cm³/mol. The van der Waals surface area contributed by atoms with E-state index in [9.17, 15) is 39.5 Å². The van der Waals surface area contributed by atoms with Crippen molar-refractivity contribution < 1.29 is 49.3 Å². The number of fused-ring (bicyclic) bond motifs is 1. The highest BCUT2D eigenvalue weighted by molar-refractivity contribution is 7.91. The number of hydrogen-bond acceptors (Lipinski definition) is 11. The van der Waals surface area contributed by atoms with E-state index >= 15 is 0 Å². The number of aliphatic hydroxyl groups excluding tert-OH is 1. The summed E-state index contributed by atoms with van der Waals surface area (Å²) >= 11 is 0. The molecule has 0 aliphatic rings. The Kier molecular flexibility index (Phi) is 7.16. The first-order valence-electron chi connectivity index (χ1n) is 9.37. The van der Waals surface area contributed by atoms with Crippen molar-refractivity contribution >= 4 is 52.2 Å². The molecule has 0 saturated heterocycles. The van der Waals surface area contributed by atoms with Gasteiger partial charge in [0, 0.05) is 5.39 Å². The topological polar surface area (TPSA) is 217 Å². The van der Waals surface area contributed by atoms with E-state index in [0.717, 1.165) is 30.3 Å². The van der Waals surface area contributed by atoms with E-state index in [1.54, 1.807) is 0 Å². The number of nitrogens with zero attached hydrogens (tertiary/aromatic N) is 2. The van der Waals surface area contributed by atoms with Gasteiger partial charge in [-0.2, -0.15) is 16.8 Å². The molecule has 188 valence electrons. The summed E-state index contributed by atoms with van der Waals surface area (Å²) in [5.74, 6) is -1.53. The Hall–Kier alpha value is -3.15. The second kappa shape index (κ2) is 9.48. The maximum atomic E-state index is 12.3. The zero-order chi connectivity index (χ0) is 26.2. The number of ether oxygens (including phenoxy) is 1. The Labute approximate surface area is 199 Å². The molecule has 3 aromatic rings. The van der Waals surface area contributed by atoms with Crippen LogP contribution in [0.1, 0.15) is 0 Å². The van der Waals surface area contributed by atoms with Crippen LogP contribution in [0.15, 0.2) is 67.4 Å². The molecule has 0 aliphatic heterocycles. The van der Waals surface area contributed by atoms with Gasteiger partial charge in [-0.3, -0.25) is 9.11 Å². The number of sulfone groups is 1. The first-order chi connectivity index (χ1) is 16.2. The zero-order valence-corrected chi connectivity index (χ0v) is 20.2. The molecule has 0 unspecified atom stereocenters. The summed E-state index contributed by atoms with van der Waals surface area (Å²) in [5.41, 5.74) is -0.659. The molecule has 0 atom stereocenters. The van der Waals surface area contributed by atoms with Crippen molar-refractivity contribution in [1.29, 1.82) is 0 Å². The lowest BCUT2D eigenvalue weighted by atomic mass is 10.1. The maximum Gasteiger partial charge on any atom is 0.298 e. The molecule has 0 radical (unpaired) electrons. The number of azo groups is 1. The Bertz CT molecular complexity index is 1660. The first kappa shape index (κ1) is 26.5. The van der Waals surface area contributed by atoms with E-state index in [1.165, 1.54) is 19.2 Å². The van der Waals surface area contributed by atoms with E-state index in [-0.39, 0.29) is 27.1 Å². The molecule has 0 spiro atoms. The Morgan fingerprint density at radius 2 is 1.51 bits per heavy atom. The lowest BCUT2D eigenvalue weighted by molar-refractivity contribution is 0.319. The fourth-order valence-corrected chi connectivity index (χ4v) is 5.25. The number of methoxy groups -OCH3 is 1. The molecular weight excluding hydrogens is 528 g/mol. The van der Waals surface area contributed by atoms with Gasteiger partial charge in [0.1, 0.15) is 22.0 Å². The second-order valence-corrected chi connectivity index (χ2v) is 11.9. The molecule has 3 aromatic carbocycles. The molecule has 0 heterocycles. The average Bonchev–Trinajstić information content (AvgIpc) is 2.76. The largest absolute Gasteiger partial charge is 0.504 e. The first-order valence-corrected chi connectivity index (χ1v) is 13.9. The van der Waals surface area contributed by atoms with Crippen LogP contribution >= 0.6 is 0 Å². The molecule has 0 amide bonds. The molecule has 0 aromatic heterocycles. The molecule has 0 fully saturated rings. The van der Waals surface area contributed by atoms with Crippen molar-refractivity contribution in [2.45, 2.75) is 14.7 Å². The van der Waals surface area contributed by atoms with Crippen LogP contribution in [0.5, 0.6) is 11.5 Å². The molecule has 3 rings (SSSR count). The number of phenolic OH excluding ortho intramolecular Hbond substituents is 1. The molecule has 16 heteroatoms. The van der Waals surface area contributed by atoms with Crippen LogP contribution in [0.3, 0.4) is 0 Å². The lowest BCUT2D eigenvalue weighted by Gasteiger charge is -2.10. The Morgan fingerprint density at radius 1 is 0.857 bits per heavy atom. The number of hydrogen-bond donors (Lipinski definition) is 4. The summed E-state index contributed by atoms with van der Waals surface area (Å²) < 4.78 is 94.9. The summed E-state index contributed by atoms with van der Waals surface area (Å²) in [4.78, 5) is -1.83. The fraction of sp³-hybridized carbons (Fsp3) is 0.158. The fourth-order valence-electron chi connectivity index (χ4n) is 3.07. The lowest BCUT2D eigenvalue weighted by Crippen LogP contribution is -2.09. The van der Waals surface area contributed by atoms with Crippen LogP contribution < -0.4 is 4.74 Å². The second-order valence-electron chi connectivity index (χ2n) is 6.98. The van der Waals surface area contributed by atoms with E-state index in [4.69, 9.17) is 9.84 Å². The SMILES string of the molecule is COc1ccc(S(=O)(=O)CCO)cc1N=Nc1c(O)c(S(=O)(=O)O)cc2cc(S(=O)(=O)O)ccc12. The minimum absolute atomic E-state index is 0.0194. The zero-order valence-electron chi connectivity index (χ0n) is 17.7. The van der Waals surface area contributed by atoms with E-state index < -0.39 is 63.7 Å². The molecule has 35 heavy (non-hydrogen) atoms. The van der Waals surface area contributed by atoms with Gasteiger partial charge >= 0.3 is 0 Å². The Balaban J connectivity index is 2.29. The van der Waals surface area contributed by atoms with Crippen LogP contribution in [-0.4, -0.2) is 64.0 Å². The highest BCUT2D eigenvalue weighted by atomic mass is 32.2. The molecule has 0 bridgehead atoms. The summed E-state index contributed by atoms with van der Waals surface area (Å²) in [5, 5.41) is 27.0. The smallest absolute Gasteiger partial charge is 0.298 e. The third-order valence-corrected chi connectivity index (χ3v) is 8.13. The van der Waals surface area contributed by atoms with Crippen LogP contribution in [0.25, 0.3) is 10.8 Å². The average molecular weight is 547 g/mol. The van der Waals surface area contributed by atoms with Gasteiger partial charge in [-0.1, -0.05) is 6.07 Å². The summed E-state index contributed by atoms with van der Waals surface area (Å²) in [6, 6.07) is 7.30. The third-order valence-electron chi connectivity index (χ3n) is 4.73. The van der Waals surface area contributed by atoms with Crippen molar-refractivity contribution in [3.63, 3.8) is 0 Å². The van der Waals surface area contributed by atoms with E-state index in [1.807, 2.05) is 0 Å². The van der Waals surface area contributed by atoms with Gasteiger partial charge in [0.15, 0.2) is 15.6 Å². The number of phenols is 1. The van der Waals surface area contributed by atoms with E-state index in [2.05, 4.69) is 10.2 Å². The number of aliphatic hydroxyl groups is 1. The number of aromatic hydroxyl groups is 1. The van der Waals surface area contributed by atoms with Crippen molar-refractivity contribution in [3.05, 3.63) is 42.5 Å². The van der Waals surface area contributed by atoms with Crippen LogP contribution in [0.2, 0.25) is 0 Å². The highest BCUT2D eigenvalue weighted by Gasteiger charge is 2.23. The van der Waals surface area contributed by atoms with Gasteiger partial charge in [-0.05, 0) is 41.8 Å². The normalized spacial score (nSPS) is 12.9. The van der Waals surface area contributed by atoms with Gasteiger partial charge < -0.3 is 14.9 Å². The minimum Gasteiger partial charge on any atom is -0.504 e. The van der Waals surface area contributed by atoms with Crippen LogP contribution in [0.4, 0.5) is 11.4 Å². The van der Waals surface area contributed by atoms with Gasteiger partial charge in [0.25, 0.3) is 20.2 Å². The number of rotatable bonds is 8. The van der Waals surface area contributed by atoms with Gasteiger partial charge in [-0.25, -0.2) is 8.42 Å². The highest BCUT2D eigenvalue weighted by Crippen LogP contribution is 2.42. The standard InChI is InChI=1S/C19H18N2O11S3/c1-32-16-5-3-12(33(24,25)7-6-22)10-15(16)20-21-18-14-4-2-13(34(26,27)28)8-11(14)9-17(19(18)23)35(29,30)31/h2-5,8-10,22-23H,6-7H2,1H3,(H,26,27,28)(H,29,30,31). The van der Waals surface area contributed by atoms with Crippen molar-refractivity contribution in [2.75, 3.05) is 19.5 Å². The molecule has 4 N–H and O–H groups in total. The van der Waals surface area contributed by atoms with Crippen LogP contribution in [-0.2, 0) is 30.1 Å². The third kappa shape index (κ3) is 5.58. The Morgan fingerprint density at radius 3 is 2.09 bits per heavy atom. The van der Waals surface area contributed by atoms with Crippen molar-refractivity contribution in [2.24, 2.45) is 10.2 Å². The van der Waals surface area contributed by atoms with E-state index in [0.29, 0.717) is 0 Å². The van der Waals surface area contributed by atoms with Crippen molar-refractivity contribution in [3.8, 4) is 11.5 Å². The molecule has 0 aliphatic carbocycles. The maximum absolute atomic E-state index is 12.3. The summed E-state index contributed by atoms with van der Waals surface area (Å²) in [7, 11) is -12.3. The van der Waals surface area contributed by atoms with Gasteiger partial charge in [0.2, 0.25) is 0 Å². The summed E-state index contributed by atoms with van der Waals surface area (Å²) in [6.45, 7) is -0.626. The molecule has 0 saturated carbocycles. The quantitative estimate of drug-likeness (QED) is 0.237. The number of benzene rings is 3. The molecular formula is C19H18N2O11S3. The van der Waals surface area contributed by atoms with Crippen molar-refractivity contribution in [1.82, 2.24) is 0 Å². The van der Waals surface area contributed by atoms with Gasteiger partial charge in [0.05, 0.1) is 29.3 Å². The summed E-state index contributed by atoms with van der Waals surface area (Å²) in [6.07, 6.45) is 0. The predicted octanol–water partition coefficient (Wildman–Crippen LogP) is 2.23. The minimum atomic E-state index is -5.02. The van der Waals surface area contributed by atoms with Gasteiger partial charge in [-0.15, -0.1) is 10.2 Å². The monoisotopic (exact) mass is 546 g/mol. The van der Waals surface area contributed by atoms with Crippen LogP contribution in [0, 0.1) is 0 Å². The molecule has 13 nitrogen and oxygen atoms in total.